The Morgan fingerprint density at radius 1 is 0.469 bits per heavy atom. The van der Waals surface area contributed by atoms with Gasteiger partial charge in [0.25, 0.3) is 0 Å². The Hall–Kier alpha value is -9.33. The second-order valence-corrected chi connectivity index (χ2v) is 24.0. The minimum atomic E-state index is -1.73. The molecule has 98 heavy (non-hydrogen) atoms. The Labute approximate surface area is 569 Å². The molecule has 0 spiro atoms. The van der Waals surface area contributed by atoms with E-state index >= 15 is 0 Å². The molecule has 0 unspecified atom stereocenters. The van der Waals surface area contributed by atoms with E-state index in [2.05, 4.69) is 73.8 Å². The summed E-state index contributed by atoms with van der Waals surface area (Å²) in [5.41, 5.74) is 45.3. The second-order valence-electron chi connectivity index (χ2n) is 24.0. The molecule has 1 aromatic carbocycles. The predicted molar refractivity (Wildman–Crippen MR) is 361 cm³/mol. The van der Waals surface area contributed by atoms with Crippen LogP contribution in [0.2, 0.25) is 0 Å². The van der Waals surface area contributed by atoms with Gasteiger partial charge in [-0.25, -0.2) is 0 Å². The zero-order valence-electron chi connectivity index (χ0n) is 56.2. The normalized spacial score (nSPS) is 15.4. The van der Waals surface area contributed by atoms with E-state index in [1.165, 1.54) is 20.8 Å². The number of rotatable bonds is 47. The number of nitrogens with two attached hydrogens (primary N) is 8. The summed E-state index contributed by atoms with van der Waals surface area (Å²) in [6.45, 7) is 1.34. The van der Waals surface area contributed by atoms with Crippen LogP contribution in [0.1, 0.15) is 129 Å². The zero-order chi connectivity index (χ0) is 73.3. The number of benzene rings is 1. The Morgan fingerprint density at radius 3 is 1.40 bits per heavy atom. The van der Waals surface area contributed by atoms with Crippen LogP contribution < -0.4 is 110 Å². The third-order valence-corrected chi connectivity index (χ3v) is 15.6. The zero-order valence-corrected chi connectivity index (χ0v) is 56.2. The fourth-order valence-corrected chi connectivity index (χ4v) is 10.1. The number of aliphatic imine (C=N–C) groups is 2. The van der Waals surface area contributed by atoms with Crippen molar-refractivity contribution in [3.8, 4) is 0 Å². The van der Waals surface area contributed by atoms with Crippen molar-refractivity contribution in [2.24, 2.45) is 61.8 Å². The Bertz CT molecular complexity index is 2820. The minimum absolute atomic E-state index is 0.0215. The van der Waals surface area contributed by atoms with Crippen LogP contribution in [0.25, 0.3) is 0 Å². The molecular weight excluding hydrogens is 1280 g/mol. The summed E-state index contributed by atoms with van der Waals surface area (Å²) in [6, 6.07) is -5.29. The molecule has 0 radical (unpaired) electrons. The molecule has 1 aromatic rings. The summed E-state index contributed by atoms with van der Waals surface area (Å²) in [4.78, 5) is 181. The van der Waals surface area contributed by atoms with Crippen LogP contribution in [0.15, 0.2) is 40.3 Å². The molecule has 1 aliphatic carbocycles. The third kappa shape index (κ3) is 34.6. The smallest absolute Gasteiger partial charge is 0.245 e. The Morgan fingerprint density at radius 2 is 0.898 bits per heavy atom. The molecule has 0 bridgehead atoms. The van der Waals surface area contributed by atoms with Crippen molar-refractivity contribution in [1.29, 1.82) is 0 Å². The number of carbonyl (C=O) groups is 13. The van der Waals surface area contributed by atoms with Gasteiger partial charge in [-0.05, 0) is 116 Å². The number of hydrogen-bond donors (Lipinski definition) is 22. The summed E-state index contributed by atoms with van der Waals surface area (Å²) < 4.78 is 0. The first kappa shape index (κ1) is 84.8. The van der Waals surface area contributed by atoms with Gasteiger partial charge in [-0.1, -0.05) is 62.4 Å². The molecule has 0 heterocycles. The highest BCUT2D eigenvalue weighted by Crippen LogP contribution is 2.27. The highest BCUT2D eigenvalue weighted by Gasteiger charge is 2.35. The largest absolute Gasteiger partial charge is 0.394 e. The van der Waals surface area contributed by atoms with E-state index in [0.717, 1.165) is 32.1 Å². The van der Waals surface area contributed by atoms with Crippen molar-refractivity contribution in [2.75, 3.05) is 52.4 Å². The molecule has 37 heteroatoms. The maximum Gasteiger partial charge on any atom is 0.245 e. The predicted octanol–water partition coefficient (Wildman–Crippen LogP) is -8.50. The lowest BCUT2D eigenvalue weighted by molar-refractivity contribution is -0.136. The van der Waals surface area contributed by atoms with Crippen molar-refractivity contribution < 1.29 is 72.5 Å². The van der Waals surface area contributed by atoms with Gasteiger partial charge in [0.1, 0.15) is 54.4 Å². The van der Waals surface area contributed by atoms with E-state index in [-0.39, 0.29) is 82.9 Å². The molecule has 550 valence electrons. The highest BCUT2D eigenvalue weighted by molar-refractivity contribution is 5.99. The summed E-state index contributed by atoms with van der Waals surface area (Å²) in [6.07, 6.45) is 5.81. The lowest BCUT2D eigenvalue weighted by atomic mass is 9.85. The summed E-state index contributed by atoms with van der Waals surface area (Å²) in [5.74, 6) is -11.6. The molecule has 11 atom stereocenters. The van der Waals surface area contributed by atoms with Crippen LogP contribution in [-0.4, -0.2) is 218 Å². The molecule has 1 fully saturated rings. The maximum atomic E-state index is 14.1. The summed E-state index contributed by atoms with van der Waals surface area (Å²) in [7, 11) is 0. The fourth-order valence-electron chi connectivity index (χ4n) is 10.1. The van der Waals surface area contributed by atoms with Crippen molar-refractivity contribution in [3.63, 3.8) is 0 Å². The number of aliphatic hydroxyl groups is 2. The number of primary amides is 1. The van der Waals surface area contributed by atoms with Gasteiger partial charge >= 0.3 is 0 Å². The van der Waals surface area contributed by atoms with Crippen LogP contribution >= 0.6 is 0 Å². The van der Waals surface area contributed by atoms with Gasteiger partial charge in [0.2, 0.25) is 76.8 Å². The molecule has 2 rings (SSSR count). The summed E-state index contributed by atoms with van der Waals surface area (Å²) in [5, 5.41) is 50.3. The molecule has 0 aliphatic heterocycles. The Kier molecular flexibility index (Phi) is 40.4. The van der Waals surface area contributed by atoms with Crippen LogP contribution in [0, 0.1) is 5.92 Å². The molecule has 0 aromatic heterocycles. The first-order valence-electron chi connectivity index (χ1n) is 32.9. The molecule has 1 aliphatic rings. The van der Waals surface area contributed by atoms with Crippen LogP contribution in [0.3, 0.4) is 0 Å². The van der Waals surface area contributed by atoms with Gasteiger partial charge in [0, 0.05) is 19.5 Å². The topological polar surface area (TPSA) is 640 Å². The van der Waals surface area contributed by atoms with Gasteiger partial charge < -0.3 is 120 Å². The van der Waals surface area contributed by atoms with Gasteiger partial charge in [-0.3, -0.25) is 72.3 Å². The van der Waals surface area contributed by atoms with E-state index in [0.29, 0.717) is 43.7 Å². The Balaban J connectivity index is 2.17. The van der Waals surface area contributed by atoms with E-state index in [1.807, 2.05) is 0 Å². The molecule has 30 N–H and O–H groups in total. The van der Waals surface area contributed by atoms with E-state index in [9.17, 15) is 72.5 Å². The van der Waals surface area contributed by atoms with E-state index in [1.54, 1.807) is 30.3 Å². The number of guanidine groups is 2. The number of amides is 13. The SMILES string of the molecule is C[C@H](NC(=O)CNC(=O)[C@@H](NC(=O)[C@H](Cc1ccccc1)NC(=O)CNC(=O)CNC(=O)[C@@H](N)CC1CCCCC1)[C@@H](C)O)C(=O)N[C@@H](CCCN=C(N)N)C(=O)N[C@@H](CCCCN)C(=O)N[C@@H](CO)C(=O)N[C@@H](C)C(=O)N[C@@H](CCCN=C(N)N)C(=O)N[C@@H](CCCCN)C(N)=O. The number of nitrogens with zero attached hydrogens (tertiary/aromatic N) is 2. The van der Waals surface area contributed by atoms with E-state index < -0.39 is 170 Å². The number of hydrogen-bond acceptors (Lipinski definition) is 20. The number of unbranched alkanes of at least 4 members (excludes halogenated alkanes) is 2. The highest BCUT2D eigenvalue weighted by atomic mass is 16.3. The van der Waals surface area contributed by atoms with Gasteiger partial charge in [0.05, 0.1) is 38.4 Å². The molecule has 1 saturated carbocycles. The summed E-state index contributed by atoms with van der Waals surface area (Å²) >= 11 is 0. The lowest BCUT2D eigenvalue weighted by Gasteiger charge is -2.26. The molecular formula is C61H106N22O15. The average molecular weight is 1390 g/mol. The van der Waals surface area contributed by atoms with Crippen molar-refractivity contribution in [3.05, 3.63) is 35.9 Å². The van der Waals surface area contributed by atoms with Crippen molar-refractivity contribution in [1.82, 2.24) is 63.8 Å². The number of nitrogens with one attached hydrogen (secondary N) is 12. The van der Waals surface area contributed by atoms with Crippen molar-refractivity contribution >= 4 is 88.7 Å². The maximum absolute atomic E-state index is 14.1. The molecule has 13 amide bonds. The first-order chi connectivity index (χ1) is 46.5. The number of aliphatic hydroxyl groups excluding tert-OH is 2. The first-order valence-corrected chi connectivity index (χ1v) is 32.9. The van der Waals surface area contributed by atoms with Crippen LogP contribution in [0.4, 0.5) is 0 Å². The second kappa shape index (κ2) is 46.8. The van der Waals surface area contributed by atoms with Gasteiger partial charge in [-0.15, -0.1) is 0 Å². The monoisotopic (exact) mass is 1390 g/mol. The van der Waals surface area contributed by atoms with Gasteiger partial charge in [-0.2, -0.15) is 0 Å². The molecule has 37 nitrogen and oxygen atoms in total. The lowest BCUT2D eigenvalue weighted by Crippen LogP contribution is -2.60. The minimum Gasteiger partial charge on any atom is -0.394 e. The number of carbonyl (C=O) groups excluding carboxylic acids is 13. The van der Waals surface area contributed by atoms with Crippen LogP contribution in [0.5, 0.6) is 0 Å². The third-order valence-electron chi connectivity index (χ3n) is 15.6. The van der Waals surface area contributed by atoms with Gasteiger partial charge in [0.15, 0.2) is 11.9 Å². The van der Waals surface area contributed by atoms with E-state index in [4.69, 9.17) is 45.9 Å². The van der Waals surface area contributed by atoms with Crippen molar-refractivity contribution in [2.45, 2.75) is 196 Å². The average Bonchev–Trinajstić information content (AvgIpc) is 0.887. The quantitative estimate of drug-likeness (QED) is 0.0164. The molecule has 0 saturated heterocycles. The fraction of sp³-hybridized carbons (Fsp3) is 0.656. The standard InChI is InChI=1S/C61H106N22O15/c1-34(75-47(87)32-74-59(98)49(36(3)85)83-57(96)44(29-38-18-8-5-9-19-38)77-48(88)31-72-46(86)30-73-53(92)39(64)28-37-16-6-4-7-17-37)51(90)79-43(23-15-27-71-61(68)69)55(94)81-41(21-11-13-25-63)56(95)82-45(33-84)58(97)76-35(2)52(91)80-42(22-14-26-70-60(66)67)54(93)78-40(50(65)89)20-10-12-24-62/h5,8-9,18-19,34-37,39-45,49,84-85H,4,6-7,10-17,20-33,62-64H2,1-3H3,(H2,65,89)(H,72,86)(H,73,92)(H,74,98)(H,75,87)(H,76,97)(H,77,88)(H,78,93)(H,79,90)(H,80,91)(H,81,94)(H,82,95)(H,83,96)(H4,66,67,70)(H4,68,69,71)/t34-,35-,36+,39-,40-,41-,42-,43-,44-,45-,49-/m0/s1. The van der Waals surface area contributed by atoms with Crippen LogP contribution in [-0.2, 0) is 68.7 Å².